The third-order valence-electron chi connectivity index (χ3n) is 4.02. The highest BCUT2D eigenvalue weighted by molar-refractivity contribution is 6.74. The van der Waals surface area contributed by atoms with Gasteiger partial charge >= 0.3 is 0 Å². The van der Waals surface area contributed by atoms with Gasteiger partial charge in [-0.2, -0.15) is 0 Å². The van der Waals surface area contributed by atoms with Gasteiger partial charge < -0.3 is 4.43 Å². The van der Waals surface area contributed by atoms with Gasteiger partial charge in [0.05, 0.1) is 0 Å². The second-order valence-corrected chi connectivity index (χ2v) is 11.4. The molecule has 0 saturated carbocycles. The van der Waals surface area contributed by atoms with E-state index < -0.39 is 8.32 Å². The highest BCUT2D eigenvalue weighted by Gasteiger charge is 2.38. The van der Waals surface area contributed by atoms with E-state index in [0.717, 1.165) is 12.2 Å². The van der Waals surface area contributed by atoms with E-state index >= 15 is 0 Å². The SMILES string of the molecule is CCCc1cc(O[Si](C)(C)C(C)(C)C)ccc1C. The molecule has 0 amide bonds. The van der Waals surface area contributed by atoms with E-state index in [1.165, 1.54) is 17.5 Å². The van der Waals surface area contributed by atoms with Crippen molar-refractivity contribution >= 4 is 8.32 Å². The van der Waals surface area contributed by atoms with Crippen molar-refractivity contribution in [2.75, 3.05) is 0 Å². The van der Waals surface area contributed by atoms with Crippen LogP contribution in [0.4, 0.5) is 0 Å². The zero-order valence-electron chi connectivity index (χ0n) is 13.1. The predicted octanol–water partition coefficient (Wildman–Crippen LogP) is 5.33. The standard InChI is InChI=1S/C16H28OSi/c1-8-9-14-12-15(11-10-13(14)2)17-18(6,7)16(3,4)5/h10-12H,8-9H2,1-7H3. The van der Waals surface area contributed by atoms with Gasteiger partial charge in [-0.15, -0.1) is 0 Å². The number of rotatable bonds is 4. The van der Waals surface area contributed by atoms with Crippen LogP contribution in [0.2, 0.25) is 18.1 Å². The Labute approximate surface area is 114 Å². The summed E-state index contributed by atoms with van der Waals surface area (Å²) < 4.78 is 6.35. The van der Waals surface area contributed by atoms with Crippen molar-refractivity contribution in [1.29, 1.82) is 0 Å². The molecule has 0 saturated heterocycles. The third kappa shape index (κ3) is 3.61. The molecule has 0 aliphatic heterocycles. The van der Waals surface area contributed by atoms with Gasteiger partial charge in [0.25, 0.3) is 0 Å². The average molecular weight is 264 g/mol. The summed E-state index contributed by atoms with van der Waals surface area (Å²) in [7, 11) is -1.71. The average Bonchev–Trinajstić information content (AvgIpc) is 2.21. The smallest absolute Gasteiger partial charge is 0.250 e. The Morgan fingerprint density at radius 3 is 2.28 bits per heavy atom. The van der Waals surface area contributed by atoms with Gasteiger partial charge in [0.2, 0.25) is 8.32 Å². The lowest BCUT2D eigenvalue weighted by atomic mass is 10.0. The molecule has 18 heavy (non-hydrogen) atoms. The minimum Gasteiger partial charge on any atom is -0.543 e. The lowest BCUT2D eigenvalue weighted by Crippen LogP contribution is -2.43. The Kier molecular flexibility index (Phi) is 4.65. The molecular formula is C16H28OSi. The van der Waals surface area contributed by atoms with Gasteiger partial charge in [-0.3, -0.25) is 0 Å². The van der Waals surface area contributed by atoms with Crippen molar-refractivity contribution in [3.63, 3.8) is 0 Å². The van der Waals surface area contributed by atoms with E-state index in [1.54, 1.807) is 0 Å². The predicted molar refractivity (Wildman–Crippen MR) is 83.0 cm³/mol. The lowest BCUT2D eigenvalue weighted by Gasteiger charge is -2.36. The van der Waals surface area contributed by atoms with Crippen LogP contribution in [-0.2, 0) is 6.42 Å². The Morgan fingerprint density at radius 1 is 1.17 bits per heavy atom. The molecule has 0 aliphatic rings. The van der Waals surface area contributed by atoms with Crippen LogP contribution >= 0.6 is 0 Å². The molecular weight excluding hydrogens is 236 g/mol. The van der Waals surface area contributed by atoms with Crippen molar-refractivity contribution in [2.24, 2.45) is 0 Å². The molecule has 0 unspecified atom stereocenters. The first-order chi connectivity index (χ1) is 8.17. The second kappa shape index (κ2) is 5.48. The molecule has 1 nitrogen and oxygen atoms in total. The number of aryl methyl sites for hydroxylation is 2. The van der Waals surface area contributed by atoms with Gasteiger partial charge in [-0.25, -0.2) is 0 Å². The van der Waals surface area contributed by atoms with Gasteiger partial charge in [0.1, 0.15) is 5.75 Å². The second-order valence-electron chi connectivity index (χ2n) is 6.70. The summed E-state index contributed by atoms with van der Waals surface area (Å²) in [5, 5.41) is 0.253. The lowest BCUT2D eigenvalue weighted by molar-refractivity contribution is 0.491. The van der Waals surface area contributed by atoms with E-state index in [2.05, 4.69) is 65.9 Å². The fourth-order valence-electron chi connectivity index (χ4n) is 1.70. The van der Waals surface area contributed by atoms with Crippen LogP contribution in [0.3, 0.4) is 0 Å². The van der Waals surface area contributed by atoms with Crippen LogP contribution < -0.4 is 4.43 Å². The highest BCUT2D eigenvalue weighted by atomic mass is 28.4. The molecule has 0 atom stereocenters. The number of hydrogen-bond donors (Lipinski definition) is 0. The minimum atomic E-state index is -1.71. The minimum absolute atomic E-state index is 0.253. The summed E-state index contributed by atoms with van der Waals surface area (Å²) >= 11 is 0. The monoisotopic (exact) mass is 264 g/mol. The molecule has 0 heterocycles. The fraction of sp³-hybridized carbons (Fsp3) is 0.625. The first kappa shape index (κ1) is 15.3. The summed E-state index contributed by atoms with van der Waals surface area (Å²) in [6.45, 7) is 15.8. The maximum Gasteiger partial charge on any atom is 0.250 e. The Morgan fingerprint density at radius 2 is 1.78 bits per heavy atom. The molecule has 1 aromatic rings. The van der Waals surface area contributed by atoms with Gasteiger partial charge in [0.15, 0.2) is 0 Å². The molecule has 0 radical (unpaired) electrons. The molecule has 0 aromatic heterocycles. The van der Waals surface area contributed by atoms with E-state index in [-0.39, 0.29) is 5.04 Å². The zero-order valence-corrected chi connectivity index (χ0v) is 14.1. The summed E-state index contributed by atoms with van der Waals surface area (Å²) in [5.74, 6) is 1.05. The largest absolute Gasteiger partial charge is 0.543 e. The van der Waals surface area contributed by atoms with Crippen LogP contribution in [0.5, 0.6) is 5.75 Å². The quantitative estimate of drug-likeness (QED) is 0.668. The normalized spacial score (nSPS) is 12.6. The van der Waals surface area contributed by atoms with E-state index in [0.29, 0.717) is 0 Å². The molecule has 1 rings (SSSR count). The molecule has 0 fully saturated rings. The van der Waals surface area contributed by atoms with Crippen molar-refractivity contribution in [2.45, 2.75) is 65.6 Å². The maximum atomic E-state index is 6.35. The summed E-state index contributed by atoms with van der Waals surface area (Å²) in [6.07, 6.45) is 2.32. The van der Waals surface area contributed by atoms with E-state index in [4.69, 9.17) is 4.43 Å². The van der Waals surface area contributed by atoms with Gasteiger partial charge in [-0.1, -0.05) is 40.2 Å². The van der Waals surface area contributed by atoms with Crippen LogP contribution in [0, 0.1) is 6.92 Å². The van der Waals surface area contributed by atoms with Crippen LogP contribution in [0.15, 0.2) is 18.2 Å². The molecule has 0 spiro atoms. The molecule has 0 bridgehead atoms. The topological polar surface area (TPSA) is 9.23 Å². The van der Waals surface area contributed by atoms with Gasteiger partial charge in [-0.05, 0) is 54.7 Å². The molecule has 1 aromatic carbocycles. The Bertz CT molecular complexity index is 402. The zero-order chi connectivity index (χ0) is 14.0. The van der Waals surface area contributed by atoms with Crippen LogP contribution in [0.1, 0.15) is 45.2 Å². The van der Waals surface area contributed by atoms with E-state index in [1.807, 2.05) is 0 Å². The molecule has 0 aliphatic carbocycles. The van der Waals surface area contributed by atoms with Crippen LogP contribution in [-0.4, -0.2) is 8.32 Å². The van der Waals surface area contributed by atoms with Crippen molar-refractivity contribution in [1.82, 2.24) is 0 Å². The Hall–Kier alpha value is -0.763. The first-order valence-electron chi connectivity index (χ1n) is 6.96. The Balaban J connectivity index is 2.95. The molecule has 102 valence electrons. The fourth-order valence-corrected chi connectivity index (χ4v) is 2.72. The summed E-state index contributed by atoms with van der Waals surface area (Å²) in [5.41, 5.74) is 2.80. The van der Waals surface area contributed by atoms with Gasteiger partial charge in [0, 0.05) is 0 Å². The van der Waals surface area contributed by atoms with E-state index in [9.17, 15) is 0 Å². The molecule has 0 N–H and O–H groups in total. The number of benzene rings is 1. The number of hydrogen-bond acceptors (Lipinski definition) is 1. The van der Waals surface area contributed by atoms with Crippen molar-refractivity contribution in [3.05, 3.63) is 29.3 Å². The maximum absolute atomic E-state index is 6.35. The molecule has 2 heteroatoms. The summed E-state index contributed by atoms with van der Waals surface area (Å²) in [4.78, 5) is 0. The van der Waals surface area contributed by atoms with Crippen molar-refractivity contribution < 1.29 is 4.43 Å². The summed E-state index contributed by atoms with van der Waals surface area (Å²) in [6, 6.07) is 6.54. The third-order valence-corrected chi connectivity index (χ3v) is 8.38. The van der Waals surface area contributed by atoms with Crippen molar-refractivity contribution in [3.8, 4) is 5.75 Å². The highest BCUT2D eigenvalue weighted by Crippen LogP contribution is 2.37. The first-order valence-corrected chi connectivity index (χ1v) is 9.87. The van der Waals surface area contributed by atoms with Crippen LogP contribution in [0.25, 0.3) is 0 Å².